The Kier molecular flexibility index (Phi) is 6.90. The molecule has 0 aliphatic carbocycles. The average molecular weight is 379 g/mol. The lowest BCUT2D eigenvalue weighted by Gasteiger charge is -2.43. The third kappa shape index (κ3) is 5.11. The van der Waals surface area contributed by atoms with Crippen LogP contribution >= 0.6 is 0 Å². The number of rotatable bonds is 5. The molecule has 1 aromatic carbocycles. The van der Waals surface area contributed by atoms with Gasteiger partial charge >= 0.3 is 6.09 Å². The van der Waals surface area contributed by atoms with Crippen LogP contribution in [0.4, 0.5) is 9.18 Å². The quantitative estimate of drug-likeness (QED) is 0.787. The van der Waals surface area contributed by atoms with Crippen LogP contribution in [0.15, 0.2) is 18.2 Å². The van der Waals surface area contributed by atoms with Crippen LogP contribution in [-0.4, -0.2) is 79.8 Å². The fourth-order valence-corrected chi connectivity index (χ4v) is 4.02. The van der Waals surface area contributed by atoms with Crippen molar-refractivity contribution in [1.29, 1.82) is 0 Å². The fraction of sp³-hybridized carbons (Fsp3) is 0.650. The van der Waals surface area contributed by atoms with E-state index in [1.165, 1.54) is 19.6 Å². The van der Waals surface area contributed by atoms with Crippen molar-refractivity contribution in [3.05, 3.63) is 29.6 Å². The molecule has 0 bridgehead atoms. The van der Waals surface area contributed by atoms with Crippen LogP contribution in [0.2, 0.25) is 0 Å². The van der Waals surface area contributed by atoms with E-state index in [-0.39, 0.29) is 11.9 Å². The van der Waals surface area contributed by atoms with E-state index in [1.54, 1.807) is 11.0 Å². The van der Waals surface area contributed by atoms with E-state index in [0.717, 1.165) is 57.8 Å². The maximum Gasteiger partial charge on any atom is 0.409 e. The standard InChI is InChI=1S/C20H30FN3O3/c1-3-27-20(25)24-11-9-23(10-12-24)17-5-4-8-22(15-17)14-16-6-7-18(21)19(13-16)26-2/h6-7,13,17H,3-5,8-12,14-15H2,1-2H3/t17-/m0/s1. The van der Waals surface area contributed by atoms with Gasteiger partial charge in [-0.1, -0.05) is 6.07 Å². The van der Waals surface area contributed by atoms with Crippen molar-refractivity contribution in [1.82, 2.24) is 14.7 Å². The second-order valence-electron chi connectivity index (χ2n) is 7.22. The molecule has 0 spiro atoms. The highest BCUT2D eigenvalue weighted by Gasteiger charge is 2.29. The summed E-state index contributed by atoms with van der Waals surface area (Å²) in [4.78, 5) is 18.6. The Balaban J connectivity index is 1.52. The first kappa shape index (κ1) is 19.9. The zero-order valence-corrected chi connectivity index (χ0v) is 16.3. The van der Waals surface area contributed by atoms with E-state index in [4.69, 9.17) is 9.47 Å². The number of benzene rings is 1. The molecule has 0 radical (unpaired) electrons. The molecule has 0 N–H and O–H groups in total. The number of piperazine rings is 1. The lowest BCUT2D eigenvalue weighted by atomic mass is 10.0. The minimum Gasteiger partial charge on any atom is -0.494 e. The molecule has 7 heteroatoms. The smallest absolute Gasteiger partial charge is 0.409 e. The monoisotopic (exact) mass is 379 g/mol. The molecule has 1 atom stereocenters. The Bertz CT molecular complexity index is 635. The Labute approximate surface area is 160 Å². The van der Waals surface area contributed by atoms with Crippen LogP contribution in [0.25, 0.3) is 0 Å². The van der Waals surface area contributed by atoms with Gasteiger partial charge in [-0.15, -0.1) is 0 Å². The number of piperidine rings is 1. The Morgan fingerprint density at radius 3 is 2.70 bits per heavy atom. The highest BCUT2D eigenvalue weighted by atomic mass is 19.1. The number of nitrogens with zero attached hydrogens (tertiary/aromatic N) is 3. The van der Waals surface area contributed by atoms with Crippen LogP contribution in [0.3, 0.4) is 0 Å². The van der Waals surface area contributed by atoms with Gasteiger partial charge in [-0.3, -0.25) is 9.80 Å². The second kappa shape index (κ2) is 9.37. The lowest BCUT2D eigenvalue weighted by molar-refractivity contribution is 0.0412. The van der Waals surface area contributed by atoms with Crippen LogP contribution < -0.4 is 4.74 Å². The summed E-state index contributed by atoms with van der Waals surface area (Å²) < 4.78 is 23.8. The Morgan fingerprint density at radius 1 is 1.22 bits per heavy atom. The minimum atomic E-state index is -0.322. The molecule has 0 aromatic heterocycles. The molecular formula is C20H30FN3O3. The van der Waals surface area contributed by atoms with Gasteiger partial charge in [0.05, 0.1) is 13.7 Å². The average Bonchev–Trinajstić information content (AvgIpc) is 2.70. The van der Waals surface area contributed by atoms with Crippen LogP contribution in [0.5, 0.6) is 5.75 Å². The largest absolute Gasteiger partial charge is 0.494 e. The molecule has 3 rings (SSSR count). The maximum atomic E-state index is 13.6. The highest BCUT2D eigenvalue weighted by molar-refractivity contribution is 5.67. The van der Waals surface area contributed by atoms with Crippen LogP contribution in [0.1, 0.15) is 25.3 Å². The normalized spacial score (nSPS) is 21.9. The third-order valence-electron chi connectivity index (χ3n) is 5.46. The fourth-order valence-electron chi connectivity index (χ4n) is 4.02. The SMILES string of the molecule is CCOC(=O)N1CCN([C@H]2CCCN(Cc3ccc(F)c(OC)c3)C2)CC1. The molecule has 2 aliphatic rings. The van der Waals surface area contributed by atoms with Gasteiger partial charge in [-0.25, -0.2) is 9.18 Å². The second-order valence-corrected chi connectivity index (χ2v) is 7.22. The predicted octanol–water partition coefficient (Wildman–Crippen LogP) is 2.57. The molecular weight excluding hydrogens is 349 g/mol. The molecule has 2 heterocycles. The lowest BCUT2D eigenvalue weighted by Crippen LogP contribution is -2.55. The zero-order valence-electron chi connectivity index (χ0n) is 16.3. The molecule has 1 amide bonds. The molecule has 0 saturated carbocycles. The topological polar surface area (TPSA) is 45.2 Å². The molecule has 150 valence electrons. The number of ether oxygens (including phenoxy) is 2. The first-order chi connectivity index (χ1) is 13.1. The van der Waals surface area contributed by atoms with E-state index >= 15 is 0 Å². The summed E-state index contributed by atoms with van der Waals surface area (Å²) in [5.74, 6) is -0.0200. The van der Waals surface area contributed by atoms with E-state index in [2.05, 4.69) is 9.80 Å². The number of hydrogen-bond acceptors (Lipinski definition) is 5. The molecule has 6 nitrogen and oxygen atoms in total. The van der Waals surface area contributed by atoms with Gasteiger partial charge in [0.1, 0.15) is 0 Å². The Hall–Kier alpha value is -1.86. The van der Waals surface area contributed by atoms with Gasteiger partial charge in [0.15, 0.2) is 11.6 Å². The zero-order chi connectivity index (χ0) is 19.2. The van der Waals surface area contributed by atoms with Crippen LogP contribution in [-0.2, 0) is 11.3 Å². The van der Waals surface area contributed by atoms with Gasteiger partial charge in [-0.2, -0.15) is 0 Å². The van der Waals surface area contributed by atoms with Crippen molar-refractivity contribution < 1.29 is 18.7 Å². The minimum absolute atomic E-state index is 0.201. The number of carbonyl (C=O) groups is 1. The first-order valence-corrected chi connectivity index (χ1v) is 9.81. The van der Waals surface area contributed by atoms with E-state index in [0.29, 0.717) is 18.4 Å². The first-order valence-electron chi connectivity index (χ1n) is 9.81. The van der Waals surface area contributed by atoms with Crippen molar-refractivity contribution in [3.63, 3.8) is 0 Å². The summed E-state index contributed by atoms with van der Waals surface area (Å²) in [7, 11) is 1.50. The van der Waals surface area contributed by atoms with Gasteiger partial charge in [0.25, 0.3) is 0 Å². The van der Waals surface area contributed by atoms with Crippen molar-refractivity contribution in [2.45, 2.75) is 32.4 Å². The number of likely N-dealkylation sites (tertiary alicyclic amines) is 1. The van der Waals surface area contributed by atoms with Gasteiger partial charge in [-0.05, 0) is 44.0 Å². The van der Waals surface area contributed by atoms with Gasteiger partial charge < -0.3 is 14.4 Å². The summed E-state index contributed by atoms with van der Waals surface area (Å²) in [6.45, 7) is 8.35. The molecule has 2 fully saturated rings. The van der Waals surface area contributed by atoms with Gasteiger partial charge in [0.2, 0.25) is 0 Å². The van der Waals surface area contributed by atoms with Gasteiger partial charge in [0, 0.05) is 45.3 Å². The maximum absolute atomic E-state index is 13.6. The van der Waals surface area contributed by atoms with E-state index < -0.39 is 0 Å². The number of halogens is 1. The summed E-state index contributed by atoms with van der Waals surface area (Å²) in [6, 6.07) is 5.60. The number of hydrogen-bond donors (Lipinski definition) is 0. The number of amides is 1. The van der Waals surface area contributed by atoms with E-state index in [1.807, 2.05) is 13.0 Å². The highest BCUT2D eigenvalue weighted by Crippen LogP contribution is 2.23. The van der Waals surface area contributed by atoms with Crippen molar-refractivity contribution >= 4 is 6.09 Å². The molecule has 1 aromatic rings. The summed E-state index contributed by atoms with van der Waals surface area (Å²) in [6.07, 6.45) is 2.14. The number of carbonyl (C=O) groups excluding carboxylic acids is 1. The van der Waals surface area contributed by atoms with Crippen molar-refractivity contribution in [2.24, 2.45) is 0 Å². The van der Waals surface area contributed by atoms with Crippen LogP contribution in [0, 0.1) is 5.82 Å². The molecule has 2 saturated heterocycles. The van der Waals surface area contributed by atoms with E-state index in [9.17, 15) is 9.18 Å². The third-order valence-corrected chi connectivity index (χ3v) is 5.46. The molecule has 0 unspecified atom stereocenters. The van der Waals surface area contributed by atoms with Crippen molar-refractivity contribution in [2.75, 3.05) is 53.0 Å². The predicted molar refractivity (Wildman–Crippen MR) is 101 cm³/mol. The number of methoxy groups -OCH3 is 1. The molecule has 27 heavy (non-hydrogen) atoms. The summed E-state index contributed by atoms with van der Waals surface area (Å²) in [5, 5.41) is 0. The Morgan fingerprint density at radius 2 is 2.00 bits per heavy atom. The van der Waals surface area contributed by atoms with Crippen molar-refractivity contribution in [3.8, 4) is 5.75 Å². The summed E-state index contributed by atoms with van der Waals surface area (Å²) in [5.41, 5.74) is 1.07. The molecule has 2 aliphatic heterocycles. The summed E-state index contributed by atoms with van der Waals surface area (Å²) >= 11 is 0.